The zero-order chi connectivity index (χ0) is 38.8. The first-order valence-corrected chi connectivity index (χ1v) is 21.0. The summed E-state index contributed by atoms with van der Waals surface area (Å²) in [5.74, 6) is 0.0610. The molecule has 0 spiro atoms. The molecular weight excluding hydrogens is 747 g/mol. The first kappa shape index (κ1) is 40.4. The van der Waals surface area contributed by atoms with Crippen LogP contribution >= 0.6 is 23.2 Å². The van der Waals surface area contributed by atoms with E-state index in [1.54, 1.807) is 28.3 Å². The van der Waals surface area contributed by atoms with Gasteiger partial charge in [-0.05, 0) is 101 Å². The summed E-state index contributed by atoms with van der Waals surface area (Å²) in [6.45, 7) is 12.6. The number of benzene rings is 3. The summed E-state index contributed by atoms with van der Waals surface area (Å²) >= 11 is 12.7. The lowest BCUT2D eigenvalue weighted by Crippen LogP contribution is -2.62. The van der Waals surface area contributed by atoms with Gasteiger partial charge in [0.1, 0.15) is 5.75 Å². The summed E-state index contributed by atoms with van der Waals surface area (Å²) in [6.07, 6.45) is 2.57. The molecule has 0 saturated carbocycles. The van der Waals surface area contributed by atoms with E-state index in [9.17, 15) is 13.2 Å². The number of piperidine rings is 1. The van der Waals surface area contributed by atoms with Crippen molar-refractivity contribution >= 4 is 45.0 Å². The molecule has 3 heterocycles. The molecule has 1 unspecified atom stereocenters. The minimum atomic E-state index is -3.90. The van der Waals surface area contributed by atoms with Gasteiger partial charge in [-0.1, -0.05) is 53.9 Å². The first-order chi connectivity index (χ1) is 25.6. The van der Waals surface area contributed by atoms with Crippen molar-refractivity contribution < 1.29 is 22.7 Å². The first-order valence-electron chi connectivity index (χ1n) is 18.8. The van der Waals surface area contributed by atoms with E-state index < -0.39 is 27.8 Å². The molecule has 0 radical (unpaired) electrons. The van der Waals surface area contributed by atoms with Crippen molar-refractivity contribution in [2.45, 2.75) is 82.1 Å². The molecule has 3 aliphatic rings. The number of ether oxygens (including phenoxy) is 1. The van der Waals surface area contributed by atoms with Gasteiger partial charge in [-0.15, -0.1) is 0 Å². The highest BCUT2D eigenvalue weighted by molar-refractivity contribution is 7.89. The van der Waals surface area contributed by atoms with E-state index in [-0.39, 0.29) is 28.8 Å². The summed E-state index contributed by atoms with van der Waals surface area (Å²) in [5.41, 5.74) is 0.696. The minimum Gasteiger partial charge on any atom is -0.493 e. The largest absolute Gasteiger partial charge is 0.493 e. The fraction of sp³-hybridized carbons (Fsp3) is 0.500. The molecule has 2 amide bonds. The Kier molecular flexibility index (Phi) is 12.3. The van der Waals surface area contributed by atoms with E-state index in [2.05, 4.69) is 16.0 Å². The van der Waals surface area contributed by atoms with Crippen LogP contribution < -0.4 is 20.7 Å². The Hall–Kier alpha value is -3.23. The molecule has 3 N–H and O–H groups in total. The van der Waals surface area contributed by atoms with Crippen molar-refractivity contribution in [3.8, 4) is 5.75 Å². The molecule has 3 aromatic rings. The van der Waals surface area contributed by atoms with Gasteiger partial charge in [0.15, 0.2) is 5.66 Å². The lowest BCUT2D eigenvalue weighted by Gasteiger charge is -2.41. The Morgan fingerprint density at radius 1 is 0.852 bits per heavy atom. The van der Waals surface area contributed by atoms with E-state index in [4.69, 9.17) is 27.9 Å². The second-order valence-electron chi connectivity index (χ2n) is 15.5. The van der Waals surface area contributed by atoms with Crippen LogP contribution in [-0.4, -0.2) is 92.3 Å². The van der Waals surface area contributed by atoms with Gasteiger partial charge in [-0.3, -0.25) is 25.1 Å². The molecule has 3 saturated heterocycles. The third-order valence-electron chi connectivity index (χ3n) is 10.3. The third kappa shape index (κ3) is 8.75. The van der Waals surface area contributed by atoms with Gasteiger partial charge >= 0.3 is 0 Å². The SMILES string of the molecule is CCOc1cc(C)c(S(=O)(=O)N2CCCCC2)cc1C1(C(=O)N2CCN(CC(=O)NC(C)(C)C)CC2)N[C@H](c2ccc(Cl)cc2)[C@H](c2ccc(Cl)cc2)N1. The Balaban J connectivity index is 1.47. The number of nitrogens with one attached hydrogen (secondary N) is 3. The molecular formula is C40H52Cl2N6O5S. The number of rotatable bonds is 10. The number of hydrogen-bond donors (Lipinski definition) is 3. The predicted molar refractivity (Wildman–Crippen MR) is 212 cm³/mol. The van der Waals surface area contributed by atoms with Crippen LogP contribution in [0, 0.1) is 6.92 Å². The molecule has 3 fully saturated rings. The van der Waals surface area contributed by atoms with Crippen molar-refractivity contribution in [2.24, 2.45) is 0 Å². The van der Waals surface area contributed by atoms with Crippen LogP contribution in [0.5, 0.6) is 5.75 Å². The van der Waals surface area contributed by atoms with Gasteiger partial charge < -0.3 is 15.0 Å². The Morgan fingerprint density at radius 2 is 1.39 bits per heavy atom. The van der Waals surface area contributed by atoms with Gasteiger partial charge in [0.2, 0.25) is 15.9 Å². The number of halogens is 2. The van der Waals surface area contributed by atoms with Crippen LogP contribution in [0.3, 0.4) is 0 Å². The van der Waals surface area contributed by atoms with Crippen LogP contribution in [-0.2, 0) is 25.3 Å². The predicted octanol–water partition coefficient (Wildman–Crippen LogP) is 5.76. The fourth-order valence-corrected chi connectivity index (χ4v) is 9.72. The average Bonchev–Trinajstić information content (AvgIpc) is 3.53. The van der Waals surface area contributed by atoms with Crippen LogP contribution in [0.4, 0.5) is 0 Å². The quantitative estimate of drug-likeness (QED) is 0.237. The topological polar surface area (TPSA) is 123 Å². The average molecular weight is 800 g/mol. The summed E-state index contributed by atoms with van der Waals surface area (Å²) < 4.78 is 36.5. The summed E-state index contributed by atoms with van der Waals surface area (Å²) in [4.78, 5) is 32.2. The fourth-order valence-electron chi connectivity index (χ4n) is 7.72. The van der Waals surface area contributed by atoms with E-state index in [1.165, 1.54) is 0 Å². The molecule has 3 atom stereocenters. The van der Waals surface area contributed by atoms with Crippen molar-refractivity contribution in [2.75, 3.05) is 52.4 Å². The van der Waals surface area contributed by atoms with Gasteiger partial charge in [0.25, 0.3) is 5.91 Å². The van der Waals surface area contributed by atoms with E-state index >= 15 is 4.79 Å². The Bertz CT molecular complexity index is 1870. The van der Waals surface area contributed by atoms with Crippen LogP contribution in [0.25, 0.3) is 0 Å². The Labute approximate surface area is 329 Å². The highest BCUT2D eigenvalue weighted by atomic mass is 35.5. The highest BCUT2D eigenvalue weighted by Crippen LogP contribution is 2.46. The van der Waals surface area contributed by atoms with Gasteiger partial charge in [-0.2, -0.15) is 4.31 Å². The summed E-state index contributed by atoms with van der Waals surface area (Å²) in [6, 6.07) is 17.4. The number of hydrogen-bond acceptors (Lipinski definition) is 8. The number of nitrogens with zero attached hydrogens (tertiary/aromatic N) is 3. The lowest BCUT2D eigenvalue weighted by molar-refractivity contribution is -0.141. The van der Waals surface area contributed by atoms with Crippen LogP contribution in [0.1, 0.15) is 81.3 Å². The maximum atomic E-state index is 15.5. The van der Waals surface area contributed by atoms with Gasteiger partial charge in [-0.25, -0.2) is 8.42 Å². The van der Waals surface area contributed by atoms with Gasteiger partial charge in [0, 0.05) is 60.4 Å². The molecule has 0 bridgehead atoms. The number of carbonyl (C=O) groups is 2. The van der Waals surface area contributed by atoms with Crippen molar-refractivity contribution in [3.05, 3.63) is 93.0 Å². The van der Waals surface area contributed by atoms with Crippen LogP contribution in [0.15, 0.2) is 65.6 Å². The molecule has 0 aromatic heterocycles. The van der Waals surface area contributed by atoms with E-state index in [0.29, 0.717) is 72.8 Å². The number of sulfonamides is 1. The maximum Gasteiger partial charge on any atom is 0.262 e. The molecule has 292 valence electrons. The highest BCUT2D eigenvalue weighted by Gasteiger charge is 2.55. The lowest BCUT2D eigenvalue weighted by atomic mass is 9.95. The standard InChI is InChI=1S/C40H52Cl2N6O5S/c1-6-53-33-24-27(2)34(54(51,52)48-18-8-7-9-19-48)25-32(33)40(38(50)47-22-20-46(21-23-47)26-35(49)43-39(3,4)5)44-36(28-10-14-30(41)15-11-28)37(45-40)29-12-16-31(42)17-13-29/h10-17,24-25,36-37,44-45H,6-9,18-23,26H2,1-5H3,(H,43,49)/t36-,37+,40?. The number of piperazine rings is 1. The summed E-state index contributed by atoms with van der Waals surface area (Å²) in [7, 11) is -3.90. The monoisotopic (exact) mass is 798 g/mol. The Morgan fingerprint density at radius 3 is 1.89 bits per heavy atom. The molecule has 3 aliphatic heterocycles. The normalized spacial score (nSPS) is 23.0. The number of aryl methyl sites for hydroxylation is 1. The minimum absolute atomic E-state index is 0.0714. The molecule has 3 aromatic carbocycles. The second kappa shape index (κ2) is 16.5. The summed E-state index contributed by atoms with van der Waals surface area (Å²) in [5, 5.41) is 11.6. The molecule has 54 heavy (non-hydrogen) atoms. The van der Waals surface area contributed by atoms with Crippen molar-refractivity contribution in [1.82, 2.24) is 30.1 Å². The molecule has 0 aliphatic carbocycles. The van der Waals surface area contributed by atoms with Crippen LogP contribution in [0.2, 0.25) is 10.0 Å². The second-order valence-corrected chi connectivity index (χ2v) is 18.3. The zero-order valence-corrected chi connectivity index (χ0v) is 34.1. The van der Waals surface area contributed by atoms with E-state index in [0.717, 1.165) is 30.4 Å². The van der Waals surface area contributed by atoms with Gasteiger partial charge in [0.05, 0.1) is 30.1 Å². The van der Waals surface area contributed by atoms with Crippen molar-refractivity contribution in [3.63, 3.8) is 0 Å². The zero-order valence-electron chi connectivity index (χ0n) is 31.8. The van der Waals surface area contributed by atoms with Crippen molar-refractivity contribution in [1.29, 1.82) is 0 Å². The third-order valence-corrected chi connectivity index (χ3v) is 12.9. The number of amides is 2. The molecule has 6 rings (SSSR count). The molecule has 14 heteroatoms. The molecule has 11 nitrogen and oxygen atoms in total. The maximum absolute atomic E-state index is 15.5. The van der Waals surface area contributed by atoms with E-state index in [1.807, 2.05) is 81.1 Å². The number of carbonyl (C=O) groups excluding carboxylic acids is 2. The smallest absolute Gasteiger partial charge is 0.262 e.